The molecule has 0 bridgehead atoms. The van der Waals surface area contributed by atoms with Crippen molar-refractivity contribution in [2.45, 2.75) is 25.7 Å². The number of halogens is 3. The minimum Gasteiger partial charge on any atom is -0.464 e. The average molecular weight is 318 g/mol. The van der Waals surface area contributed by atoms with E-state index < -0.39 is 31.4 Å². The largest absolute Gasteiger partial charge is 0.464 e. The Balaban J connectivity index is 2.35. The second kappa shape index (κ2) is 8.51. The van der Waals surface area contributed by atoms with Gasteiger partial charge in [-0.3, -0.25) is 4.79 Å². The van der Waals surface area contributed by atoms with Gasteiger partial charge in [0.05, 0.1) is 13.0 Å². The first-order chi connectivity index (χ1) is 10.4. The van der Waals surface area contributed by atoms with Crippen LogP contribution in [0.1, 0.15) is 19.8 Å². The molecule has 1 aromatic carbocycles. The van der Waals surface area contributed by atoms with E-state index in [-0.39, 0.29) is 6.61 Å². The van der Waals surface area contributed by atoms with E-state index in [4.69, 9.17) is 10.5 Å². The lowest BCUT2D eigenvalue weighted by molar-refractivity contribution is -0.145. The Kier molecular flexibility index (Phi) is 7.01. The molecule has 0 spiro atoms. The lowest BCUT2D eigenvalue weighted by Gasteiger charge is -2.23. The molecule has 0 fully saturated rings. The Labute approximate surface area is 128 Å². The number of esters is 1. The van der Waals surface area contributed by atoms with Crippen LogP contribution in [-0.2, 0) is 9.53 Å². The molecule has 0 atom stereocenters. The Morgan fingerprint density at radius 1 is 1.32 bits per heavy atom. The third-order valence-corrected chi connectivity index (χ3v) is 3.15. The van der Waals surface area contributed by atoms with Gasteiger partial charge in [0.2, 0.25) is 0 Å². The smallest absolute Gasteiger partial charge is 0.306 e. The molecule has 0 saturated carbocycles. The van der Waals surface area contributed by atoms with Crippen LogP contribution >= 0.6 is 0 Å². The van der Waals surface area contributed by atoms with E-state index in [1.54, 1.807) is 12.1 Å². The summed E-state index contributed by atoms with van der Waals surface area (Å²) in [4.78, 5) is 13.3. The van der Waals surface area contributed by atoms with E-state index in [2.05, 4.69) is 0 Å². The molecule has 0 aliphatic heterocycles. The second-order valence-electron chi connectivity index (χ2n) is 4.88. The number of likely N-dealkylation sites (N-methyl/N-ethyl adjacent to an activating group) is 1. The summed E-state index contributed by atoms with van der Waals surface area (Å²) in [5, 5.41) is 0. The number of ether oxygens (including phenoxy) is 1. The molecule has 1 rings (SSSR count). The number of carbonyl (C=O) groups is 1. The Morgan fingerprint density at radius 2 is 1.95 bits per heavy atom. The van der Waals surface area contributed by atoms with E-state index in [0.29, 0.717) is 18.8 Å². The number of hydrogen-bond acceptors (Lipinski definition) is 4. The van der Waals surface area contributed by atoms with Crippen LogP contribution in [-0.4, -0.2) is 38.3 Å². The van der Waals surface area contributed by atoms with Crippen LogP contribution in [0.25, 0.3) is 0 Å². The predicted octanol–water partition coefficient (Wildman–Crippen LogP) is 3.02. The molecule has 2 N–H and O–H groups in total. The first-order valence-corrected chi connectivity index (χ1v) is 7.08. The monoisotopic (exact) mass is 318 g/mol. The summed E-state index contributed by atoms with van der Waals surface area (Å²) in [6.45, 7) is 1.40. The fourth-order valence-corrected chi connectivity index (χ4v) is 1.85. The van der Waals surface area contributed by atoms with Crippen LogP contribution in [0.5, 0.6) is 0 Å². The van der Waals surface area contributed by atoms with Crippen molar-refractivity contribution in [3.05, 3.63) is 24.3 Å². The summed E-state index contributed by atoms with van der Waals surface area (Å²) >= 11 is 0. The number of carbonyl (C=O) groups excluding carboxylic acids is 1. The lowest BCUT2D eigenvalue weighted by Crippen LogP contribution is -2.28. The van der Waals surface area contributed by atoms with Crippen molar-refractivity contribution in [1.82, 2.24) is 0 Å². The Bertz CT molecular complexity index is 466. The van der Waals surface area contributed by atoms with E-state index in [9.17, 15) is 18.0 Å². The SMILES string of the molecule is CCN(CCOC(=O)CCC(F)(F)CF)c1ccc(N)cc1. The van der Waals surface area contributed by atoms with E-state index in [1.807, 2.05) is 24.0 Å². The number of hydrogen-bond donors (Lipinski definition) is 1. The molecule has 1 aromatic rings. The van der Waals surface area contributed by atoms with Gasteiger partial charge in [-0.2, -0.15) is 0 Å². The van der Waals surface area contributed by atoms with Crippen molar-refractivity contribution in [2.24, 2.45) is 0 Å². The third kappa shape index (κ3) is 6.24. The normalized spacial score (nSPS) is 11.3. The highest BCUT2D eigenvalue weighted by atomic mass is 19.3. The van der Waals surface area contributed by atoms with E-state index >= 15 is 0 Å². The second-order valence-corrected chi connectivity index (χ2v) is 4.88. The fraction of sp³-hybridized carbons (Fsp3) is 0.533. The van der Waals surface area contributed by atoms with Gasteiger partial charge in [0.1, 0.15) is 6.61 Å². The minimum absolute atomic E-state index is 0.0816. The van der Waals surface area contributed by atoms with Gasteiger partial charge in [-0.1, -0.05) is 0 Å². The zero-order valence-corrected chi connectivity index (χ0v) is 12.5. The molecule has 4 nitrogen and oxygen atoms in total. The van der Waals surface area contributed by atoms with Crippen molar-refractivity contribution in [1.29, 1.82) is 0 Å². The third-order valence-electron chi connectivity index (χ3n) is 3.15. The molecule has 0 aliphatic rings. The van der Waals surface area contributed by atoms with Crippen LogP contribution in [0, 0.1) is 0 Å². The highest BCUT2D eigenvalue weighted by Gasteiger charge is 2.29. The molecular formula is C15H21F3N2O2. The van der Waals surface area contributed by atoms with Crippen LogP contribution in [0.15, 0.2) is 24.3 Å². The molecule has 0 unspecified atom stereocenters. The van der Waals surface area contributed by atoms with Crippen molar-refractivity contribution < 1.29 is 22.7 Å². The van der Waals surface area contributed by atoms with Crippen molar-refractivity contribution in [3.63, 3.8) is 0 Å². The molecule has 22 heavy (non-hydrogen) atoms. The molecule has 0 radical (unpaired) electrons. The molecule has 0 heterocycles. The maximum Gasteiger partial charge on any atom is 0.306 e. The summed E-state index contributed by atoms with van der Waals surface area (Å²) < 4.78 is 42.2. The Hall–Kier alpha value is -1.92. The molecule has 0 amide bonds. The van der Waals surface area contributed by atoms with Crippen LogP contribution in [0.2, 0.25) is 0 Å². The maximum atomic E-state index is 12.7. The number of alkyl halides is 3. The van der Waals surface area contributed by atoms with Crippen LogP contribution in [0.4, 0.5) is 24.5 Å². The summed E-state index contributed by atoms with van der Waals surface area (Å²) in [6.07, 6.45) is -1.33. The van der Waals surface area contributed by atoms with Gasteiger partial charge in [-0.05, 0) is 31.2 Å². The van der Waals surface area contributed by atoms with E-state index in [0.717, 1.165) is 5.69 Å². The minimum atomic E-state index is -3.46. The van der Waals surface area contributed by atoms with Gasteiger partial charge in [-0.25, -0.2) is 13.2 Å². The fourth-order valence-electron chi connectivity index (χ4n) is 1.85. The summed E-state index contributed by atoms with van der Waals surface area (Å²) in [5.74, 6) is -4.21. The average Bonchev–Trinajstić information content (AvgIpc) is 2.51. The van der Waals surface area contributed by atoms with Crippen molar-refractivity contribution in [3.8, 4) is 0 Å². The zero-order valence-electron chi connectivity index (χ0n) is 12.5. The lowest BCUT2D eigenvalue weighted by atomic mass is 10.2. The number of nitrogens with zero attached hydrogens (tertiary/aromatic N) is 1. The molecule has 7 heteroatoms. The van der Waals surface area contributed by atoms with Gasteiger partial charge in [0.25, 0.3) is 5.92 Å². The van der Waals surface area contributed by atoms with Crippen molar-refractivity contribution in [2.75, 3.05) is 37.0 Å². The highest BCUT2D eigenvalue weighted by molar-refractivity contribution is 5.69. The molecule has 0 saturated heterocycles. The zero-order chi connectivity index (χ0) is 16.6. The summed E-state index contributed by atoms with van der Waals surface area (Å²) in [5.41, 5.74) is 7.19. The van der Waals surface area contributed by atoms with Crippen LogP contribution in [0.3, 0.4) is 0 Å². The highest BCUT2D eigenvalue weighted by Crippen LogP contribution is 2.21. The topological polar surface area (TPSA) is 55.6 Å². The summed E-state index contributed by atoms with van der Waals surface area (Å²) in [7, 11) is 0. The number of rotatable bonds is 9. The molecule has 0 aliphatic carbocycles. The molecular weight excluding hydrogens is 297 g/mol. The number of anilines is 2. The van der Waals surface area contributed by atoms with Crippen LogP contribution < -0.4 is 10.6 Å². The number of nitrogens with two attached hydrogens (primary N) is 1. The number of benzene rings is 1. The molecule has 0 aromatic heterocycles. The van der Waals surface area contributed by atoms with Gasteiger partial charge >= 0.3 is 5.97 Å². The first-order valence-electron chi connectivity index (χ1n) is 7.08. The van der Waals surface area contributed by atoms with Gasteiger partial charge in [0.15, 0.2) is 6.67 Å². The quantitative estimate of drug-likeness (QED) is 0.562. The standard InChI is InChI=1S/C15H21F3N2O2/c1-2-20(13-5-3-12(19)4-6-13)9-10-22-14(21)7-8-15(17,18)11-16/h3-6H,2,7-11,19H2,1H3. The summed E-state index contributed by atoms with van der Waals surface area (Å²) in [6, 6.07) is 7.23. The Morgan fingerprint density at radius 3 is 2.50 bits per heavy atom. The molecule has 124 valence electrons. The van der Waals surface area contributed by atoms with Crippen molar-refractivity contribution >= 4 is 17.3 Å². The van der Waals surface area contributed by atoms with Gasteiger partial charge in [-0.15, -0.1) is 0 Å². The predicted molar refractivity (Wildman–Crippen MR) is 79.9 cm³/mol. The van der Waals surface area contributed by atoms with E-state index in [1.165, 1.54) is 0 Å². The van der Waals surface area contributed by atoms with Gasteiger partial charge in [0, 0.05) is 24.3 Å². The first kappa shape index (κ1) is 18.1. The maximum absolute atomic E-state index is 12.7. The number of nitrogen functional groups attached to an aromatic ring is 1. The van der Waals surface area contributed by atoms with Gasteiger partial charge < -0.3 is 15.4 Å².